The maximum atomic E-state index is 13.0. The molecule has 0 saturated heterocycles. The monoisotopic (exact) mass is 417 g/mol. The maximum Gasteiger partial charge on any atom is 0.244 e. The van der Waals surface area contributed by atoms with E-state index < -0.39 is 0 Å². The van der Waals surface area contributed by atoms with E-state index in [0.717, 1.165) is 28.6 Å². The highest BCUT2D eigenvalue weighted by Crippen LogP contribution is 2.32. The first-order valence-corrected chi connectivity index (χ1v) is 10.6. The van der Waals surface area contributed by atoms with Crippen molar-refractivity contribution < 1.29 is 4.79 Å². The summed E-state index contributed by atoms with van der Waals surface area (Å²) in [6, 6.07) is 25.5. The number of hydrogen-bond acceptors (Lipinski definition) is 2. The zero-order valence-electron chi connectivity index (χ0n) is 16.9. The Hall–Kier alpha value is -3.11. The topological polar surface area (TPSA) is 46.9 Å². The molecule has 30 heavy (non-hydrogen) atoms. The number of carbonyl (C=O) groups is 1. The summed E-state index contributed by atoms with van der Waals surface area (Å²) in [4.78, 5) is 13.0. The molecule has 1 unspecified atom stereocenters. The predicted molar refractivity (Wildman–Crippen MR) is 123 cm³/mol. The number of nitrogens with zero attached hydrogens (tertiary/aromatic N) is 2. The van der Waals surface area contributed by atoms with Crippen molar-refractivity contribution in [1.29, 1.82) is 0 Å². The van der Waals surface area contributed by atoms with Crippen molar-refractivity contribution in [2.45, 2.75) is 25.8 Å². The van der Waals surface area contributed by atoms with Gasteiger partial charge >= 0.3 is 0 Å². The van der Waals surface area contributed by atoms with E-state index in [2.05, 4.69) is 17.4 Å². The Morgan fingerprint density at radius 1 is 1.03 bits per heavy atom. The lowest BCUT2D eigenvalue weighted by atomic mass is 10.1. The summed E-state index contributed by atoms with van der Waals surface area (Å²) in [7, 11) is 0. The normalized spacial score (nSPS) is 12.1. The second-order valence-corrected chi connectivity index (χ2v) is 7.71. The van der Waals surface area contributed by atoms with Crippen molar-refractivity contribution in [3.8, 4) is 11.3 Å². The van der Waals surface area contributed by atoms with Gasteiger partial charge < -0.3 is 5.32 Å². The van der Waals surface area contributed by atoms with E-state index in [-0.39, 0.29) is 11.9 Å². The van der Waals surface area contributed by atoms with Crippen molar-refractivity contribution in [3.05, 3.63) is 89.4 Å². The summed E-state index contributed by atoms with van der Waals surface area (Å²) >= 11 is 6.27. The number of amides is 1. The number of benzene rings is 3. The molecule has 1 atom stereocenters. The highest BCUT2D eigenvalue weighted by atomic mass is 35.5. The number of aromatic nitrogens is 2. The zero-order chi connectivity index (χ0) is 20.9. The molecule has 1 heterocycles. The van der Waals surface area contributed by atoms with Crippen LogP contribution in [0.2, 0.25) is 5.02 Å². The first-order chi connectivity index (χ1) is 14.7. The molecule has 3 aromatic carbocycles. The second-order valence-electron chi connectivity index (χ2n) is 7.27. The fourth-order valence-electron chi connectivity index (χ4n) is 3.72. The number of halogens is 1. The Kier molecular flexibility index (Phi) is 6.15. The van der Waals surface area contributed by atoms with Crippen LogP contribution in [0.5, 0.6) is 0 Å². The molecular weight excluding hydrogens is 394 g/mol. The summed E-state index contributed by atoms with van der Waals surface area (Å²) in [5.74, 6) is -0.0209. The Balaban J connectivity index is 1.62. The van der Waals surface area contributed by atoms with Crippen LogP contribution in [0, 0.1) is 0 Å². The van der Waals surface area contributed by atoms with Crippen molar-refractivity contribution in [2.75, 3.05) is 6.54 Å². The van der Waals surface area contributed by atoms with Crippen LogP contribution in [0.15, 0.2) is 78.9 Å². The van der Waals surface area contributed by atoms with Gasteiger partial charge in [0.25, 0.3) is 0 Å². The zero-order valence-corrected chi connectivity index (χ0v) is 17.6. The number of nitrogens with one attached hydrogen (secondary N) is 1. The lowest BCUT2D eigenvalue weighted by molar-refractivity contribution is -0.124. The molecule has 0 aliphatic rings. The van der Waals surface area contributed by atoms with Crippen molar-refractivity contribution >= 4 is 28.4 Å². The lowest BCUT2D eigenvalue weighted by Crippen LogP contribution is -2.34. The molecule has 0 spiro atoms. The molecule has 4 rings (SSSR count). The third kappa shape index (κ3) is 4.24. The SMILES string of the molecule is CCC(C(=O)NCCc1ccccc1)n1nc(-c2ccccc2)c2cc(Cl)ccc21. The second kappa shape index (κ2) is 9.14. The van der Waals surface area contributed by atoms with Gasteiger partial charge in [0, 0.05) is 22.5 Å². The number of hydrogen-bond donors (Lipinski definition) is 1. The summed E-state index contributed by atoms with van der Waals surface area (Å²) in [6.07, 6.45) is 1.44. The van der Waals surface area contributed by atoms with Gasteiger partial charge in [-0.15, -0.1) is 0 Å². The molecular formula is C25H24ClN3O. The molecule has 4 aromatic rings. The van der Waals surface area contributed by atoms with Crippen LogP contribution in [0.25, 0.3) is 22.2 Å². The molecule has 0 fully saturated rings. The molecule has 4 nitrogen and oxygen atoms in total. The quantitative estimate of drug-likeness (QED) is 0.421. The summed E-state index contributed by atoms with van der Waals surface area (Å²) in [6.45, 7) is 2.60. The highest BCUT2D eigenvalue weighted by Gasteiger charge is 2.23. The Labute approximate surface area is 181 Å². The van der Waals surface area contributed by atoms with Crippen molar-refractivity contribution in [2.24, 2.45) is 0 Å². The van der Waals surface area contributed by atoms with Gasteiger partial charge in [-0.05, 0) is 36.6 Å². The Morgan fingerprint density at radius 3 is 2.43 bits per heavy atom. The van der Waals surface area contributed by atoms with Crippen LogP contribution in [0.4, 0.5) is 0 Å². The van der Waals surface area contributed by atoms with E-state index >= 15 is 0 Å². The molecule has 152 valence electrons. The maximum absolute atomic E-state index is 13.0. The minimum Gasteiger partial charge on any atom is -0.354 e. The average Bonchev–Trinajstić information content (AvgIpc) is 3.14. The van der Waals surface area contributed by atoms with Gasteiger partial charge in [-0.2, -0.15) is 5.10 Å². The van der Waals surface area contributed by atoms with Crippen LogP contribution in [-0.2, 0) is 11.2 Å². The van der Waals surface area contributed by atoms with E-state index in [4.69, 9.17) is 16.7 Å². The van der Waals surface area contributed by atoms with Crippen LogP contribution < -0.4 is 5.32 Å². The van der Waals surface area contributed by atoms with E-state index in [1.54, 1.807) is 0 Å². The predicted octanol–water partition coefficient (Wildman–Crippen LogP) is 5.67. The first-order valence-electron chi connectivity index (χ1n) is 10.2. The molecule has 0 radical (unpaired) electrons. The third-order valence-electron chi connectivity index (χ3n) is 5.26. The molecule has 0 aliphatic carbocycles. The summed E-state index contributed by atoms with van der Waals surface area (Å²) < 4.78 is 1.84. The van der Waals surface area contributed by atoms with E-state index in [9.17, 15) is 4.79 Å². The first kappa shape index (κ1) is 20.2. The van der Waals surface area contributed by atoms with Crippen molar-refractivity contribution in [1.82, 2.24) is 15.1 Å². The molecule has 0 saturated carbocycles. The van der Waals surface area contributed by atoms with Gasteiger partial charge in [-0.3, -0.25) is 9.48 Å². The fourth-order valence-corrected chi connectivity index (χ4v) is 3.89. The molecule has 5 heteroatoms. The number of carbonyl (C=O) groups excluding carboxylic acids is 1. The van der Waals surface area contributed by atoms with Gasteiger partial charge in [-0.1, -0.05) is 79.2 Å². The summed E-state index contributed by atoms with van der Waals surface area (Å²) in [5.41, 5.74) is 3.95. The number of rotatable bonds is 7. The molecule has 1 amide bonds. The summed E-state index contributed by atoms with van der Waals surface area (Å²) in [5, 5.41) is 9.54. The molecule has 0 aliphatic heterocycles. The smallest absolute Gasteiger partial charge is 0.244 e. The largest absolute Gasteiger partial charge is 0.354 e. The minimum atomic E-state index is -0.387. The van der Waals surface area contributed by atoms with Gasteiger partial charge in [0.05, 0.1) is 5.52 Å². The van der Waals surface area contributed by atoms with E-state index in [1.807, 2.05) is 78.3 Å². The number of fused-ring (bicyclic) bond motifs is 1. The van der Waals surface area contributed by atoms with Gasteiger partial charge in [0.15, 0.2) is 0 Å². The lowest BCUT2D eigenvalue weighted by Gasteiger charge is -2.17. The Morgan fingerprint density at radius 2 is 1.73 bits per heavy atom. The van der Waals surface area contributed by atoms with Crippen LogP contribution >= 0.6 is 11.6 Å². The molecule has 1 N–H and O–H groups in total. The van der Waals surface area contributed by atoms with E-state index in [0.29, 0.717) is 18.0 Å². The molecule has 1 aromatic heterocycles. The van der Waals surface area contributed by atoms with Gasteiger partial charge in [0.2, 0.25) is 5.91 Å². The average molecular weight is 418 g/mol. The molecule has 0 bridgehead atoms. The third-order valence-corrected chi connectivity index (χ3v) is 5.49. The van der Waals surface area contributed by atoms with Gasteiger partial charge in [0.1, 0.15) is 11.7 Å². The van der Waals surface area contributed by atoms with Crippen LogP contribution in [0.1, 0.15) is 24.9 Å². The Bertz CT molecular complexity index is 1140. The fraction of sp³-hybridized carbons (Fsp3) is 0.200. The highest BCUT2D eigenvalue weighted by molar-refractivity contribution is 6.31. The van der Waals surface area contributed by atoms with E-state index in [1.165, 1.54) is 5.56 Å². The van der Waals surface area contributed by atoms with Crippen LogP contribution in [0.3, 0.4) is 0 Å². The standard InChI is InChI=1S/C25H24ClN3O/c1-2-22(25(30)27-16-15-18-9-5-3-6-10-18)29-23-14-13-20(26)17-21(23)24(28-29)19-11-7-4-8-12-19/h3-14,17,22H,2,15-16H2,1H3,(H,27,30). The van der Waals surface area contributed by atoms with Crippen LogP contribution in [-0.4, -0.2) is 22.2 Å². The minimum absolute atomic E-state index is 0.0209. The van der Waals surface area contributed by atoms with Gasteiger partial charge in [-0.25, -0.2) is 0 Å². The van der Waals surface area contributed by atoms with Crippen molar-refractivity contribution in [3.63, 3.8) is 0 Å².